The molecule has 1 heterocycles. The molecule has 0 fully saturated rings. The third kappa shape index (κ3) is 4.12. The number of benzene rings is 2. The van der Waals surface area contributed by atoms with Crippen molar-refractivity contribution in [3.63, 3.8) is 0 Å². The van der Waals surface area contributed by atoms with Crippen LogP contribution >= 0.6 is 11.6 Å². The Morgan fingerprint density at radius 3 is 2.52 bits per heavy atom. The van der Waals surface area contributed by atoms with Gasteiger partial charge in [0.05, 0.1) is 6.54 Å². The van der Waals surface area contributed by atoms with Crippen molar-refractivity contribution in [2.45, 2.75) is 11.4 Å². The van der Waals surface area contributed by atoms with Crippen LogP contribution < -0.4 is 4.72 Å². The van der Waals surface area contributed by atoms with Crippen LogP contribution in [0.5, 0.6) is 0 Å². The van der Waals surface area contributed by atoms with E-state index in [1.807, 2.05) is 0 Å². The summed E-state index contributed by atoms with van der Waals surface area (Å²) in [6.07, 6.45) is 1.33. The highest BCUT2D eigenvalue weighted by molar-refractivity contribution is 7.92. The first-order valence-electron chi connectivity index (χ1n) is 6.95. The minimum atomic E-state index is -4.27. The molecule has 130 valence electrons. The van der Waals surface area contributed by atoms with E-state index in [1.54, 1.807) is 24.3 Å². The fraction of sp³-hybridized carbons (Fsp3) is 0.0667. The Balaban J connectivity index is 1.77. The van der Waals surface area contributed by atoms with Gasteiger partial charge in [-0.25, -0.2) is 26.6 Å². The van der Waals surface area contributed by atoms with E-state index in [9.17, 15) is 17.2 Å². The van der Waals surface area contributed by atoms with Gasteiger partial charge in [0.1, 0.15) is 22.9 Å². The number of hydrogen-bond donors (Lipinski definition) is 1. The van der Waals surface area contributed by atoms with Crippen LogP contribution in [0.3, 0.4) is 0 Å². The van der Waals surface area contributed by atoms with Crippen LogP contribution in [0.25, 0.3) is 0 Å². The third-order valence-corrected chi connectivity index (χ3v) is 4.82. The Kier molecular flexibility index (Phi) is 4.69. The van der Waals surface area contributed by atoms with Crippen LogP contribution in [0.2, 0.25) is 5.02 Å². The number of nitrogens with one attached hydrogen (secondary N) is 1. The number of anilines is 1. The fourth-order valence-corrected chi connectivity index (χ4v) is 3.20. The zero-order chi connectivity index (χ0) is 18.0. The summed E-state index contributed by atoms with van der Waals surface area (Å²) in [5.41, 5.74) is 0.883. The van der Waals surface area contributed by atoms with Crippen molar-refractivity contribution in [1.82, 2.24) is 14.8 Å². The second kappa shape index (κ2) is 6.77. The molecule has 3 rings (SSSR count). The van der Waals surface area contributed by atoms with Gasteiger partial charge < -0.3 is 0 Å². The molecule has 10 heteroatoms. The van der Waals surface area contributed by atoms with E-state index in [0.717, 1.165) is 17.7 Å². The van der Waals surface area contributed by atoms with Gasteiger partial charge in [-0.2, -0.15) is 4.98 Å². The lowest BCUT2D eigenvalue weighted by atomic mass is 10.2. The van der Waals surface area contributed by atoms with Crippen LogP contribution in [-0.2, 0) is 16.6 Å². The molecule has 2 aromatic carbocycles. The number of hydrogen-bond acceptors (Lipinski definition) is 4. The molecule has 0 bridgehead atoms. The van der Waals surface area contributed by atoms with Crippen LogP contribution in [0.15, 0.2) is 53.7 Å². The molecule has 0 saturated carbocycles. The van der Waals surface area contributed by atoms with Crippen molar-refractivity contribution in [3.8, 4) is 0 Å². The second-order valence-corrected chi connectivity index (χ2v) is 7.16. The van der Waals surface area contributed by atoms with Crippen molar-refractivity contribution < 1.29 is 17.2 Å². The van der Waals surface area contributed by atoms with Crippen LogP contribution in [0.1, 0.15) is 5.56 Å². The number of sulfonamides is 1. The van der Waals surface area contributed by atoms with Gasteiger partial charge in [-0.05, 0) is 29.8 Å². The second-order valence-electron chi connectivity index (χ2n) is 5.07. The summed E-state index contributed by atoms with van der Waals surface area (Å²) in [6, 6.07) is 9.19. The Morgan fingerprint density at radius 2 is 1.84 bits per heavy atom. The molecule has 0 radical (unpaired) electrons. The topological polar surface area (TPSA) is 76.9 Å². The molecule has 6 nitrogen and oxygen atoms in total. The van der Waals surface area contributed by atoms with Gasteiger partial charge in [0.25, 0.3) is 16.0 Å². The van der Waals surface area contributed by atoms with Crippen LogP contribution in [0.4, 0.5) is 14.7 Å². The van der Waals surface area contributed by atoms with E-state index in [2.05, 4.69) is 14.8 Å². The van der Waals surface area contributed by atoms with Crippen molar-refractivity contribution in [3.05, 3.63) is 71.0 Å². The SMILES string of the molecule is O=S(=O)(Nc1ncn(Cc2ccc(Cl)cc2)n1)c1ccc(F)cc1F. The average molecular weight is 385 g/mol. The van der Waals surface area contributed by atoms with Gasteiger partial charge >= 0.3 is 0 Å². The largest absolute Gasteiger partial charge is 0.267 e. The van der Waals surface area contributed by atoms with Crippen LogP contribution in [0, 0.1) is 11.6 Å². The number of aromatic nitrogens is 3. The summed E-state index contributed by atoms with van der Waals surface area (Å²) in [5, 5.41) is 4.57. The summed E-state index contributed by atoms with van der Waals surface area (Å²) in [7, 11) is -4.27. The first-order valence-corrected chi connectivity index (χ1v) is 8.81. The third-order valence-electron chi connectivity index (χ3n) is 3.20. The normalized spacial score (nSPS) is 11.5. The van der Waals surface area contributed by atoms with Gasteiger partial charge in [-0.15, -0.1) is 5.10 Å². The Labute approximate surface area is 147 Å². The highest BCUT2D eigenvalue weighted by atomic mass is 35.5. The van der Waals surface area contributed by atoms with Crippen molar-refractivity contribution >= 4 is 27.6 Å². The molecule has 0 spiro atoms. The standard InChI is InChI=1S/C15H11ClF2N4O2S/c16-11-3-1-10(2-4-11)8-22-9-19-15(20-22)21-25(23,24)14-6-5-12(17)7-13(14)18/h1-7,9H,8H2,(H,20,21). The molecule has 1 aromatic heterocycles. The molecule has 0 amide bonds. The predicted molar refractivity (Wildman–Crippen MR) is 87.7 cm³/mol. The minimum absolute atomic E-state index is 0.224. The Hall–Kier alpha value is -2.52. The van der Waals surface area contributed by atoms with Crippen molar-refractivity contribution in [2.75, 3.05) is 4.72 Å². The fourth-order valence-electron chi connectivity index (χ4n) is 2.06. The lowest BCUT2D eigenvalue weighted by molar-refractivity contribution is 0.551. The summed E-state index contributed by atoms with van der Waals surface area (Å²) < 4.78 is 54.3. The summed E-state index contributed by atoms with van der Waals surface area (Å²) in [4.78, 5) is 3.14. The average Bonchev–Trinajstić information content (AvgIpc) is 2.95. The van der Waals surface area contributed by atoms with Gasteiger partial charge in [-0.1, -0.05) is 23.7 Å². The molecule has 0 aliphatic carbocycles. The van der Waals surface area contributed by atoms with Gasteiger partial charge in [0.15, 0.2) is 0 Å². The van der Waals surface area contributed by atoms with E-state index < -0.39 is 26.6 Å². The van der Waals surface area contributed by atoms with Gasteiger partial charge in [0, 0.05) is 11.1 Å². The highest BCUT2D eigenvalue weighted by Gasteiger charge is 2.21. The number of halogens is 3. The molecule has 0 unspecified atom stereocenters. The predicted octanol–water partition coefficient (Wildman–Crippen LogP) is 3.06. The molecule has 1 N–H and O–H groups in total. The quantitative estimate of drug-likeness (QED) is 0.733. The summed E-state index contributed by atoms with van der Waals surface area (Å²) >= 11 is 5.81. The molecule has 25 heavy (non-hydrogen) atoms. The molecule has 0 saturated heterocycles. The molecular formula is C15H11ClF2N4O2S. The van der Waals surface area contributed by atoms with E-state index in [0.29, 0.717) is 17.6 Å². The Morgan fingerprint density at radius 1 is 1.12 bits per heavy atom. The number of nitrogens with zero attached hydrogens (tertiary/aromatic N) is 3. The van der Waals surface area contributed by atoms with Crippen LogP contribution in [-0.4, -0.2) is 23.2 Å². The monoisotopic (exact) mass is 384 g/mol. The lowest BCUT2D eigenvalue weighted by Crippen LogP contribution is -2.16. The van der Waals surface area contributed by atoms with E-state index in [4.69, 9.17) is 11.6 Å². The molecule has 0 atom stereocenters. The first-order chi connectivity index (χ1) is 11.8. The molecule has 0 aliphatic rings. The van der Waals surface area contributed by atoms with E-state index in [1.165, 1.54) is 11.0 Å². The van der Waals surface area contributed by atoms with Crippen molar-refractivity contribution in [1.29, 1.82) is 0 Å². The van der Waals surface area contributed by atoms with E-state index in [-0.39, 0.29) is 5.95 Å². The smallest absolute Gasteiger partial charge is 0.246 e. The summed E-state index contributed by atoms with van der Waals surface area (Å²) in [6.45, 7) is 0.344. The first kappa shape index (κ1) is 17.3. The van der Waals surface area contributed by atoms with E-state index >= 15 is 0 Å². The highest BCUT2D eigenvalue weighted by Crippen LogP contribution is 2.18. The maximum absolute atomic E-state index is 13.7. The molecule has 3 aromatic rings. The maximum atomic E-state index is 13.7. The van der Waals surface area contributed by atoms with Gasteiger partial charge in [0.2, 0.25) is 0 Å². The lowest BCUT2D eigenvalue weighted by Gasteiger charge is -2.05. The molecule has 0 aliphatic heterocycles. The minimum Gasteiger partial charge on any atom is -0.246 e. The summed E-state index contributed by atoms with van der Waals surface area (Å²) in [5.74, 6) is -2.30. The van der Waals surface area contributed by atoms with Crippen molar-refractivity contribution in [2.24, 2.45) is 0 Å². The Bertz CT molecular complexity index is 1010. The molecular weight excluding hydrogens is 374 g/mol. The maximum Gasteiger partial charge on any atom is 0.267 e. The zero-order valence-electron chi connectivity index (χ0n) is 12.5. The van der Waals surface area contributed by atoms with Gasteiger partial charge in [-0.3, -0.25) is 0 Å². The number of rotatable bonds is 5. The zero-order valence-corrected chi connectivity index (χ0v) is 14.1.